The van der Waals surface area contributed by atoms with Gasteiger partial charge in [-0.25, -0.2) is 4.39 Å². The van der Waals surface area contributed by atoms with E-state index in [0.29, 0.717) is 25.3 Å². The van der Waals surface area contributed by atoms with E-state index in [1.807, 2.05) is 12.1 Å². The minimum absolute atomic E-state index is 0.221. The van der Waals surface area contributed by atoms with Gasteiger partial charge in [-0.2, -0.15) is 0 Å². The second-order valence-corrected chi connectivity index (χ2v) is 4.91. The summed E-state index contributed by atoms with van der Waals surface area (Å²) in [6.45, 7) is 1.35. The molecule has 0 unspecified atom stereocenters. The van der Waals surface area contributed by atoms with E-state index in [1.165, 1.54) is 6.07 Å². The van der Waals surface area contributed by atoms with Crippen molar-refractivity contribution < 1.29 is 9.13 Å². The van der Waals surface area contributed by atoms with Crippen LogP contribution in [-0.2, 0) is 24.5 Å². The van der Waals surface area contributed by atoms with Gasteiger partial charge >= 0.3 is 0 Å². The molecule has 0 aliphatic heterocycles. The maximum atomic E-state index is 13.3. The summed E-state index contributed by atoms with van der Waals surface area (Å²) in [5, 5.41) is 0. The maximum Gasteiger partial charge on any atom is 0.128 e. The van der Waals surface area contributed by atoms with Crippen LogP contribution < -0.4 is 5.73 Å². The van der Waals surface area contributed by atoms with Crippen molar-refractivity contribution in [2.24, 2.45) is 5.73 Å². The van der Waals surface area contributed by atoms with Crippen LogP contribution in [0.2, 0.25) is 0 Å². The molecular formula is C13H14FNOS. The lowest BCUT2D eigenvalue weighted by atomic mass is 10.2. The van der Waals surface area contributed by atoms with Crippen LogP contribution in [0.1, 0.15) is 15.3 Å². The summed E-state index contributed by atoms with van der Waals surface area (Å²) in [4.78, 5) is 2.25. The highest BCUT2D eigenvalue weighted by Crippen LogP contribution is 2.17. The molecule has 0 fully saturated rings. The number of benzene rings is 1. The van der Waals surface area contributed by atoms with Crippen LogP contribution in [0.5, 0.6) is 0 Å². The Hall–Kier alpha value is -1.23. The van der Waals surface area contributed by atoms with E-state index in [4.69, 9.17) is 10.5 Å². The highest BCUT2D eigenvalue weighted by atomic mass is 32.1. The standard InChI is InChI=1S/C13H14FNOS/c14-13-4-2-1-3-10(13)8-16-9-12-6-5-11(7-15)17-12/h1-6H,7-9,15H2. The zero-order chi connectivity index (χ0) is 12.1. The molecule has 0 aliphatic rings. The summed E-state index contributed by atoms with van der Waals surface area (Å²) in [6, 6.07) is 10.6. The van der Waals surface area contributed by atoms with Crippen LogP contribution >= 0.6 is 11.3 Å². The number of nitrogens with two attached hydrogens (primary N) is 1. The first-order valence-corrected chi connectivity index (χ1v) is 6.20. The second kappa shape index (κ2) is 5.91. The Kier molecular flexibility index (Phi) is 4.25. The fraction of sp³-hybridized carbons (Fsp3) is 0.231. The number of halogens is 1. The normalized spacial score (nSPS) is 10.7. The van der Waals surface area contributed by atoms with Crippen molar-refractivity contribution in [3.05, 3.63) is 57.5 Å². The molecule has 17 heavy (non-hydrogen) atoms. The van der Waals surface area contributed by atoms with E-state index in [0.717, 1.165) is 9.75 Å². The average molecular weight is 251 g/mol. The number of hydrogen-bond acceptors (Lipinski definition) is 3. The summed E-state index contributed by atoms with van der Waals surface area (Å²) < 4.78 is 18.8. The van der Waals surface area contributed by atoms with E-state index in [1.54, 1.807) is 29.5 Å². The first-order valence-electron chi connectivity index (χ1n) is 5.38. The fourth-order valence-corrected chi connectivity index (χ4v) is 2.32. The van der Waals surface area contributed by atoms with Crippen LogP contribution in [0.15, 0.2) is 36.4 Å². The zero-order valence-electron chi connectivity index (χ0n) is 9.36. The summed E-state index contributed by atoms with van der Waals surface area (Å²) in [5.41, 5.74) is 6.11. The number of rotatable bonds is 5. The van der Waals surface area contributed by atoms with Crippen molar-refractivity contribution in [1.29, 1.82) is 0 Å². The van der Waals surface area contributed by atoms with E-state index in [-0.39, 0.29) is 5.82 Å². The van der Waals surface area contributed by atoms with Gasteiger partial charge in [0.05, 0.1) is 13.2 Å². The fourth-order valence-electron chi connectivity index (χ4n) is 1.49. The summed E-state index contributed by atoms with van der Waals surface area (Å²) in [6.07, 6.45) is 0. The number of hydrogen-bond donors (Lipinski definition) is 1. The third-order valence-corrected chi connectivity index (χ3v) is 3.46. The minimum Gasteiger partial charge on any atom is -0.371 e. The van der Waals surface area contributed by atoms with Crippen LogP contribution in [-0.4, -0.2) is 0 Å². The summed E-state index contributed by atoms with van der Waals surface area (Å²) in [7, 11) is 0. The molecule has 2 rings (SSSR count). The van der Waals surface area contributed by atoms with E-state index >= 15 is 0 Å². The number of ether oxygens (including phenoxy) is 1. The molecule has 0 saturated heterocycles. The van der Waals surface area contributed by atoms with Gasteiger partial charge in [-0.15, -0.1) is 11.3 Å². The van der Waals surface area contributed by atoms with Gasteiger partial charge in [-0.1, -0.05) is 18.2 Å². The third kappa shape index (κ3) is 3.36. The molecule has 2 aromatic rings. The lowest BCUT2D eigenvalue weighted by molar-refractivity contribution is 0.107. The van der Waals surface area contributed by atoms with Crippen molar-refractivity contribution >= 4 is 11.3 Å². The van der Waals surface area contributed by atoms with E-state index in [9.17, 15) is 4.39 Å². The molecule has 2 N–H and O–H groups in total. The van der Waals surface area contributed by atoms with Crippen LogP contribution in [0.25, 0.3) is 0 Å². The Balaban J connectivity index is 1.85. The Morgan fingerprint density at radius 1 is 1.06 bits per heavy atom. The Morgan fingerprint density at radius 2 is 1.82 bits per heavy atom. The zero-order valence-corrected chi connectivity index (χ0v) is 10.2. The highest BCUT2D eigenvalue weighted by Gasteiger charge is 2.02. The molecule has 0 spiro atoms. The van der Waals surface area contributed by atoms with Gasteiger partial charge < -0.3 is 10.5 Å². The Bertz CT molecular complexity index is 484. The smallest absolute Gasteiger partial charge is 0.128 e. The Morgan fingerprint density at radius 3 is 2.53 bits per heavy atom. The molecular weight excluding hydrogens is 237 g/mol. The predicted octanol–water partition coefficient (Wildman–Crippen LogP) is 3.06. The molecule has 0 radical (unpaired) electrons. The molecule has 1 aromatic carbocycles. The van der Waals surface area contributed by atoms with Gasteiger partial charge in [0, 0.05) is 21.9 Å². The first-order chi connectivity index (χ1) is 8.29. The van der Waals surface area contributed by atoms with Gasteiger partial charge in [0.15, 0.2) is 0 Å². The average Bonchev–Trinajstić information content (AvgIpc) is 2.80. The quantitative estimate of drug-likeness (QED) is 0.886. The molecule has 2 nitrogen and oxygen atoms in total. The SMILES string of the molecule is NCc1ccc(COCc2ccccc2F)s1. The van der Waals surface area contributed by atoms with Crippen molar-refractivity contribution in [2.45, 2.75) is 19.8 Å². The summed E-state index contributed by atoms with van der Waals surface area (Å²) >= 11 is 1.63. The summed E-state index contributed by atoms with van der Waals surface area (Å²) in [5.74, 6) is -0.221. The molecule has 0 aliphatic carbocycles. The van der Waals surface area contributed by atoms with Gasteiger partial charge in [-0.3, -0.25) is 0 Å². The lowest BCUT2D eigenvalue weighted by Gasteiger charge is -2.03. The van der Waals surface area contributed by atoms with Gasteiger partial charge in [0.25, 0.3) is 0 Å². The van der Waals surface area contributed by atoms with Crippen LogP contribution in [0.3, 0.4) is 0 Å². The highest BCUT2D eigenvalue weighted by molar-refractivity contribution is 7.11. The van der Waals surface area contributed by atoms with E-state index < -0.39 is 0 Å². The molecule has 4 heteroatoms. The molecule has 90 valence electrons. The molecule has 0 saturated carbocycles. The maximum absolute atomic E-state index is 13.3. The van der Waals surface area contributed by atoms with Crippen LogP contribution in [0.4, 0.5) is 4.39 Å². The van der Waals surface area contributed by atoms with Crippen molar-refractivity contribution in [2.75, 3.05) is 0 Å². The van der Waals surface area contributed by atoms with Crippen LogP contribution in [0, 0.1) is 5.82 Å². The lowest BCUT2D eigenvalue weighted by Crippen LogP contribution is -1.95. The largest absolute Gasteiger partial charge is 0.371 e. The molecule has 0 amide bonds. The van der Waals surface area contributed by atoms with Crippen molar-refractivity contribution in [3.8, 4) is 0 Å². The number of thiophene rings is 1. The molecule has 1 aromatic heterocycles. The Labute approximate surface area is 104 Å². The second-order valence-electron chi connectivity index (χ2n) is 3.66. The third-order valence-electron chi connectivity index (χ3n) is 2.38. The molecule has 0 atom stereocenters. The monoisotopic (exact) mass is 251 g/mol. The molecule has 1 heterocycles. The first kappa shape index (κ1) is 12.2. The minimum atomic E-state index is -0.221. The molecule has 0 bridgehead atoms. The van der Waals surface area contributed by atoms with Gasteiger partial charge in [0.1, 0.15) is 5.82 Å². The van der Waals surface area contributed by atoms with Gasteiger partial charge in [0.2, 0.25) is 0 Å². The van der Waals surface area contributed by atoms with Crippen molar-refractivity contribution in [3.63, 3.8) is 0 Å². The topological polar surface area (TPSA) is 35.2 Å². The predicted molar refractivity (Wildman–Crippen MR) is 67.1 cm³/mol. The van der Waals surface area contributed by atoms with E-state index in [2.05, 4.69) is 0 Å². The van der Waals surface area contributed by atoms with Crippen molar-refractivity contribution in [1.82, 2.24) is 0 Å². The van der Waals surface area contributed by atoms with Gasteiger partial charge in [-0.05, 0) is 18.2 Å².